The fourth-order valence-corrected chi connectivity index (χ4v) is 3.87. The Hall–Kier alpha value is -1.89. The molecule has 2 N–H and O–H groups in total. The molecule has 134 valence electrons. The molecule has 1 heterocycles. The van der Waals surface area contributed by atoms with Crippen LogP contribution >= 0.6 is 12.4 Å². The molecule has 1 aliphatic heterocycles. The van der Waals surface area contributed by atoms with Crippen LogP contribution in [0.1, 0.15) is 15.9 Å². The van der Waals surface area contributed by atoms with Crippen molar-refractivity contribution in [3.05, 3.63) is 65.7 Å². The Kier molecular flexibility index (Phi) is 6.58. The second-order valence-electron chi connectivity index (χ2n) is 6.00. The van der Waals surface area contributed by atoms with Gasteiger partial charge in [-0.3, -0.25) is 4.79 Å². The Labute approximate surface area is 154 Å². The summed E-state index contributed by atoms with van der Waals surface area (Å²) in [5.74, 6) is 0.266. The van der Waals surface area contributed by atoms with Gasteiger partial charge in [0.15, 0.2) is 9.84 Å². The molecule has 5 nitrogen and oxygen atoms in total. The number of benzene rings is 2. The third-order valence-electron chi connectivity index (χ3n) is 4.09. The van der Waals surface area contributed by atoms with Crippen LogP contribution in [0.2, 0.25) is 0 Å². The van der Waals surface area contributed by atoms with E-state index < -0.39 is 9.84 Å². The van der Waals surface area contributed by atoms with E-state index in [-0.39, 0.29) is 29.0 Å². The highest BCUT2D eigenvalue weighted by atomic mass is 35.5. The van der Waals surface area contributed by atoms with Gasteiger partial charge in [0.25, 0.3) is 5.91 Å². The van der Waals surface area contributed by atoms with Crippen LogP contribution in [-0.2, 0) is 15.6 Å². The quantitative estimate of drug-likeness (QED) is 0.804. The molecule has 2 aromatic rings. The van der Waals surface area contributed by atoms with E-state index in [2.05, 4.69) is 10.6 Å². The predicted molar refractivity (Wildman–Crippen MR) is 99.7 cm³/mol. The lowest BCUT2D eigenvalue weighted by Crippen LogP contribution is -2.48. The van der Waals surface area contributed by atoms with E-state index >= 15 is 0 Å². The largest absolute Gasteiger partial charge is 0.352 e. The summed E-state index contributed by atoms with van der Waals surface area (Å²) in [5, 5.41) is 6.02. The van der Waals surface area contributed by atoms with Gasteiger partial charge in [0, 0.05) is 31.1 Å². The molecule has 0 saturated carbocycles. The minimum absolute atomic E-state index is 0. The summed E-state index contributed by atoms with van der Waals surface area (Å²) in [5.41, 5.74) is 1.22. The van der Waals surface area contributed by atoms with Gasteiger partial charge in [-0.1, -0.05) is 30.3 Å². The van der Waals surface area contributed by atoms with Crippen molar-refractivity contribution in [3.63, 3.8) is 0 Å². The van der Waals surface area contributed by atoms with Crippen molar-refractivity contribution in [1.82, 2.24) is 10.6 Å². The molecule has 2 aromatic carbocycles. The van der Waals surface area contributed by atoms with Crippen molar-refractivity contribution < 1.29 is 13.2 Å². The SMILES string of the molecule is Cl.O=C(NCC1CNC1)c1ccc(S(=O)(=O)Cc2ccccc2)cc1. The molecule has 1 amide bonds. The summed E-state index contributed by atoms with van der Waals surface area (Å²) in [6.45, 7) is 2.49. The van der Waals surface area contributed by atoms with Gasteiger partial charge >= 0.3 is 0 Å². The number of hydrogen-bond acceptors (Lipinski definition) is 4. The van der Waals surface area contributed by atoms with Crippen molar-refractivity contribution in [2.45, 2.75) is 10.6 Å². The van der Waals surface area contributed by atoms with Gasteiger partial charge in [-0.25, -0.2) is 8.42 Å². The Bertz CT molecular complexity index is 804. The van der Waals surface area contributed by atoms with E-state index in [1.54, 1.807) is 24.3 Å². The van der Waals surface area contributed by atoms with Crippen LogP contribution in [-0.4, -0.2) is 34.0 Å². The summed E-state index contributed by atoms with van der Waals surface area (Å²) in [4.78, 5) is 12.3. The molecule has 0 spiro atoms. The zero-order valence-electron chi connectivity index (χ0n) is 13.6. The maximum Gasteiger partial charge on any atom is 0.251 e. The van der Waals surface area contributed by atoms with Crippen LogP contribution in [0.4, 0.5) is 0 Å². The lowest BCUT2D eigenvalue weighted by Gasteiger charge is -2.27. The number of amides is 1. The van der Waals surface area contributed by atoms with E-state index in [9.17, 15) is 13.2 Å². The standard InChI is InChI=1S/C18H20N2O3S.ClH/c21-18(20-12-15-10-19-11-15)16-6-8-17(9-7-16)24(22,23)13-14-4-2-1-3-5-14;/h1-9,15,19H,10-13H2,(H,20,21);1H. The van der Waals surface area contributed by atoms with Crippen molar-refractivity contribution >= 4 is 28.2 Å². The molecule has 0 aromatic heterocycles. The molecule has 3 rings (SSSR count). The first-order valence-corrected chi connectivity index (χ1v) is 9.55. The summed E-state index contributed by atoms with van der Waals surface area (Å²) < 4.78 is 24.9. The summed E-state index contributed by atoms with van der Waals surface area (Å²) in [6.07, 6.45) is 0. The zero-order chi connectivity index (χ0) is 17.0. The first-order valence-electron chi connectivity index (χ1n) is 7.90. The van der Waals surface area contributed by atoms with Crippen molar-refractivity contribution in [1.29, 1.82) is 0 Å². The van der Waals surface area contributed by atoms with E-state index in [1.807, 2.05) is 18.2 Å². The lowest BCUT2D eigenvalue weighted by molar-refractivity contribution is 0.0942. The van der Waals surface area contributed by atoms with Crippen LogP contribution in [0, 0.1) is 5.92 Å². The second kappa shape index (κ2) is 8.47. The monoisotopic (exact) mass is 380 g/mol. The number of halogens is 1. The fraction of sp³-hybridized carbons (Fsp3) is 0.278. The predicted octanol–water partition coefficient (Wildman–Crippen LogP) is 2.03. The van der Waals surface area contributed by atoms with Crippen LogP contribution in [0.3, 0.4) is 0 Å². The molecule has 0 aliphatic carbocycles. The molecule has 1 saturated heterocycles. The van der Waals surface area contributed by atoms with Gasteiger partial charge in [-0.05, 0) is 29.8 Å². The van der Waals surface area contributed by atoms with Crippen LogP contribution in [0.5, 0.6) is 0 Å². The number of hydrogen-bond donors (Lipinski definition) is 2. The maximum atomic E-state index is 12.4. The summed E-state index contributed by atoms with van der Waals surface area (Å²) in [7, 11) is -3.42. The smallest absolute Gasteiger partial charge is 0.251 e. The molecule has 25 heavy (non-hydrogen) atoms. The normalized spacial score (nSPS) is 14.2. The summed E-state index contributed by atoms with van der Waals surface area (Å²) in [6, 6.07) is 15.2. The minimum atomic E-state index is -3.42. The highest BCUT2D eigenvalue weighted by molar-refractivity contribution is 7.90. The number of rotatable bonds is 6. The molecule has 1 fully saturated rings. The van der Waals surface area contributed by atoms with Crippen LogP contribution in [0.25, 0.3) is 0 Å². The molecular weight excluding hydrogens is 360 g/mol. The third-order valence-corrected chi connectivity index (χ3v) is 5.80. The number of nitrogens with one attached hydrogen (secondary N) is 2. The molecule has 0 unspecified atom stereocenters. The maximum absolute atomic E-state index is 12.4. The van der Waals surface area contributed by atoms with E-state index in [0.29, 0.717) is 18.0 Å². The topological polar surface area (TPSA) is 75.3 Å². The highest BCUT2D eigenvalue weighted by Crippen LogP contribution is 2.17. The third kappa shape index (κ3) is 5.04. The average molecular weight is 381 g/mol. The van der Waals surface area contributed by atoms with Crippen molar-refractivity contribution in [2.75, 3.05) is 19.6 Å². The molecule has 7 heteroatoms. The molecular formula is C18H21ClN2O3S. The minimum Gasteiger partial charge on any atom is -0.352 e. The van der Waals surface area contributed by atoms with E-state index in [0.717, 1.165) is 18.7 Å². The second-order valence-corrected chi connectivity index (χ2v) is 7.99. The van der Waals surface area contributed by atoms with Gasteiger partial charge < -0.3 is 10.6 Å². The Morgan fingerprint density at radius 1 is 1.04 bits per heavy atom. The number of sulfone groups is 1. The van der Waals surface area contributed by atoms with Gasteiger partial charge in [0.2, 0.25) is 0 Å². The van der Waals surface area contributed by atoms with Crippen LogP contribution in [0.15, 0.2) is 59.5 Å². The molecule has 0 radical (unpaired) electrons. The van der Waals surface area contributed by atoms with Crippen molar-refractivity contribution in [3.8, 4) is 0 Å². The number of carbonyl (C=O) groups is 1. The summed E-state index contributed by atoms with van der Waals surface area (Å²) >= 11 is 0. The Morgan fingerprint density at radius 2 is 1.68 bits per heavy atom. The Morgan fingerprint density at radius 3 is 2.24 bits per heavy atom. The first kappa shape index (κ1) is 19.4. The van der Waals surface area contributed by atoms with Crippen LogP contribution < -0.4 is 10.6 Å². The van der Waals surface area contributed by atoms with Crippen molar-refractivity contribution in [2.24, 2.45) is 5.92 Å². The molecule has 0 bridgehead atoms. The zero-order valence-corrected chi connectivity index (χ0v) is 15.3. The Balaban J connectivity index is 0.00000225. The first-order chi connectivity index (χ1) is 11.5. The highest BCUT2D eigenvalue weighted by Gasteiger charge is 2.19. The van der Waals surface area contributed by atoms with E-state index in [1.165, 1.54) is 12.1 Å². The average Bonchev–Trinajstić information content (AvgIpc) is 2.54. The van der Waals surface area contributed by atoms with Gasteiger partial charge in [0.1, 0.15) is 0 Å². The molecule has 0 atom stereocenters. The number of carbonyl (C=O) groups excluding carboxylic acids is 1. The van der Waals surface area contributed by atoms with Gasteiger partial charge in [-0.2, -0.15) is 0 Å². The lowest BCUT2D eigenvalue weighted by atomic mass is 10.0. The fourth-order valence-electron chi connectivity index (χ4n) is 2.52. The van der Waals surface area contributed by atoms with Gasteiger partial charge in [0.05, 0.1) is 10.6 Å². The van der Waals surface area contributed by atoms with Gasteiger partial charge in [-0.15, -0.1) is 12.4 Å². The van der Waals surface area contributed by atoms with E-state index in [4.69, 9.17) is 0 Å². The molecule has 1 aliphatic rings.